The van der Waals surface area contributed by atoms with Gasteiger partial charge >= 0.3 is 13.9 Å². The molecule has 0 aliphatic carbocycles. The van der Waals surface area contributed by atoms with Crippen LogP contribution in [0.5, 0.6) is 5.75 Å². The Balaban J connectivity index is 0.00000117. The van der Waals surface area contributed by atoms with Gasteiger partial charge in [0, 0.05) is 17.8 Å². The lowest BCUT2D eigenvalue weighted by Gasteiger charge is -2.22. The van der Waals surface area contributed by atoms with E-state index in [2.05, 4.69) is 4.98 Å². The van der Waals surface area contributed by atoms with Crippen molar-refractivity contribution in [3.8, 4) is 5.75 Å². The van der Waals surface area contributed by atoms with E-state index < -0.39 is 25.6 Å². The van der Waals surface area contributed by atoms with E-state index >= 15 is 0 Å². The zero-order chi connectivity index (χ0) is 21.0. The zero-order valence-electron chi connectivity index (χ0n) is 16.7. The van der Waals surface area contributed by atoms with Crippen LogP contribution in [-0.4, -0.2) is 27.2 Å². The van der Waals surface area contributed by atoms with Gasteiger partial charge < -0.3 is 4.74 Å². The van der Waals surface area contributed by atoms with Crippen LogP contribution >= 0.6 is 8.17 Å². The first-order valence-corrected chi connectivity index (χ1v) is 11.1. The van der Waals surface area contributed by atoms with Gasteiger partial charge in [-0.25, -0.2) is 4.79 Å². The molecule has 2 aromatic rings. The molecule has 1 aromatic carbocycles. The molecule has 1 aromatic heterocycles. The molecule has 9 nitrogen and oxygen atoms in total. The first-order chi connectivity index (χ1) is 13.9. The standard InChI is InChI=1S/C17H19N2O7P.C2H6/c1-11-2-4-14-12(8-11)9-23-27(22,26-14)24-10-13-3-5-16(25-13)19-7-6-15(20)18-17(19)21;1-2/h2,4,6-8,13,16,22H,3,5,9-10H2,1H3;1-2H3/p+1. The minimum Gasteiger partial charge on any atom is -0.352 e. The normalized spacial score (nSPS) is 25.5. The largest absolute Gasteiger partial charge is 0.619 e. The fourth-order valence-corrected chi connectivity index (χ4v) is 4.38. The summed E-state index contributed by atoms with van der Waals surface area (Å²) in [6, 6.07) is 6.88. The van der Waals surface area contributed by atoms with Crippen LogP contribution < -0.4 is 15.8 Å². The summed E-state index contributed by atoms with van der Waals surface area (Å²) in [5.41, 5.74) is 0.959. The summed E-state index contributed by atoms with van der Waals surface area (Å²) in [6.45, 7) is 6.25. The molecule has 158 valence electrons. The third kappa shape index (κ3) is 5.12. The van der Waals surface area contributed by atoms with Gasteiger partial charge in [-0.15, -0.1) is 9.05 Å². The van der Waals surface area contributed by atoms with Gasteiger partial charge in [-0.2, -0.15) is 4.89 Å². The summed E-state index contributed by atoms with van der Waals surface area (Å²) in [5.74, 6) is 0.549. The number of benzene rings is 1. The Morgan fingerprint density at radius 2 is 2.07 bits per heavy atom. The molecule has 0 bridgehead atoms. The summed E-state index contributed by atoms with van der Waals surface area (Å²) in [5, 5.41) is 0. The predicted molar refractivity (Wildman–Crippen MR) is 108 cm³/mol. The van der Waals surface area contributed by atoms with Crippen LogP contribution in [0.2, 0.25) is 0 Å². The Bertz CT molecular complexity index is 960. The maximum atomic E-state index is 11.9. The quantitative estimate of drug-likeness (QED) is 0.725. The van der Waals surface area contributed by atoms with Gasteiger partial charge in [-0.1, -0.05) is 25.5 Å². The van der Waals surface area contributed by atoms with Crippen LogP contribution in [0.3, 0.4) is 0 Å². The monoisotopic (exact) mass is 425 g/mol. The van der Waals surface area contributed by atoms with Crippen molar-refractivity contribution in [3.05, 3.63) is 62.4 Å². The summed E-state index contributed by atoms with van der Waals surface area (Å²) in [4.78, 5) is 35.7. The maximum absolute atomic E-state index is 11.9. The molecule has 1 fully saturated rings. The molecule has 10 heteroatoms. The number of nitrogens with zero attached hydrogens (tertiary/aromatic N) is 1. The van der Waals surface area contributed by atoms with Crippen LogP contribution in [0.15, 0.2) is 40.1 Å². The van der Waals surface area contributed by atoms with E-state index in [1.54, 1.807) is 6.07 Å². The summed E-state index contributed by atoms with van der Waals surface area (Å²) in [7, 11) is -3.47. The van der Waals surface area contributed by atoms with Gasteiger partial charge in [0.1, 0.15) is 19.4 Å². The van der Waals surface area contributed by atoms with Gasteiger partial charge in [-0.3, -0.25) is 18.9 Å². The van der Waals surface area contributed by atoms with Gasteiger partial charge in [-0.05, 0) is 31.9 Å². The fraction of sp³-hybridized carbons (Fsp3) is 0.474. The topological polar surface area (TPSA) is 112 Å². The highest BCUT2D eigenvalue weighted by molar-refractivity contribution is 7.55. The number of H-pyrrole nitrogens is 1. The van der Waals surface area contributed by atoms with E-state index in [1.807, 2.05) is 32.9 Å². The second-order valence-corrected chi connectivity index (χ2v) is 8.18. The summed E-state index contributed by atoms with van der Waals surface area (Å²) < 4.78 is 23.6. The average Bonchev–Trinajstić information content (AvgIpc) is 3.17. The second-order valence-electron chi connectivity index (χ2n) is 6.55. The van der Waals surface area contributed by atoms with Gasteiger partial charge in [0.25, 0.3) is 5.56 Å². The molecule has 29 heavy (non-hydrogen) atoms. The van der Waals surface area contributed by atoms with Crippen molar-refractivity contribution in [2.45, 2.75) is 52.6 Å². The summed E-state index contributed by atoms with van der Waals surface area (Å²) >= 11 is 0. The summed E-state index contributed by atoms with van der Waals surface area (Å²) in [6.07, 6.45) is 1.80. The molecule has 2 N–H and O–H groups in total. The van der Waals surface area contributed by atoms with E-state index in [9.17, 15) is 14.5 Å². The average molecular weight is 425 g/mol. The minimum absolute atomic E-state index is 0.0695. The Labute approximate surface area is 168 Å². The molecule has 2 aliphatic rings. The molecule has 4 rings (SSSR count). The number of rotatable bonds is 4. The van der Waals surface area contributed by atoms with Crippen molar-refractivity contribution in [2.24, 2.45) is 0 Å². The number of aromatic amines is 1. The van der Waals surface area contributed by atoms with Crippen LogP contribution in [0.4, 0.5) is 0 Å². The highest BCUT2D eigenvalue weighted by Gasteiger charge is 2.51. The Hall–Kier alpha value is -2.03. The van der Waals surface area contributed by atoms with E-state index in [0.717, 1.165) is 11.1 Å². The van der Waals surface area contributed by atoms with Crippen molar-refractivity contribution >= 4 is 8.17 Å². The van der Waals surface area contributed by atoms with Gasteiger partial charge in [0.2, 0.25) is 0 Å². The molecule has 3 heterocycles. The Morgan fingerprint density at radius 3 is 2.83 bits per heavy atom. The molecular formula is C19H26N2O7P+. The molecular weight excluding hydrogens is 399 g/mol. The number of hydrogen-bond acceptors (Lipinski definition) is 7. The minimum atomic E-state index is -3.47. The number of nitrogens with one attached hydrogen (secondary N) is 1. The molecule has 3 unspecified atom stereocenters. The van der Waals surface area contributed by atoms with E-state index in [0.29, 0.717) is 18.6 Å². The van der Waals surface area contributed by atoms with Crippen molar-refractivity contribution < 1.29 is 23.2 Å². The van der Waals surface area contributed by atoms with Crippen LogP contribution in [0, 0.1) is 6.92 Å². The third-order valence-electron chi connectivity index (χ3n) is 4.48. The lowest BCUT2D eigenvalue weighted by atomic mass is 10.1. The maximum Gasteiger partial charge on any atom is 0.619 e. The first-order valence-electron chi connectivity index (χ1n) is 9.59. The smallest absolute Gasteiger partial charge is 0.352 e. The van der Waals surface area contributed by atoms with Crippen LogP contribution in [-0.2, 0) is 20.4 Å². The van der Waals surface area contributed by atoms with Crippen molar-refractivity contribution in [1.29, 1.82) is 0 Å². The lowest BCUT2D eigenvalue weighted by Crippen LogP contribution is -2.31. The van der Waals surface area contributed by atoms with Crippen molar-refractivity contribution in [2.75, 3.05) is 6.61 Å². The molecule has 1 saturated heterocycles. The Morgan fingerprint density at radius 1 is 1.28 bits per heavy atom. The molecule has 0 amide bonds. The van der Waals surface area contributed by atoms with Gasteiger partial charge in [0.15, 0.2) is 5.75 Å². The first kappa shape index (κ1) is 21.7. The number of aromatic nitrogens is 2. The number of ether oxygens (including phenoxy) is 1. The second kappa shape index (κ2) is 9.19. The molecule has 3 atom stereocenters. The van der Waals surface area contributed by atoms with E-state index in [4.69, 9.17) is 18.3 Å². The third-order valence-corrected chi connectivity index (χ3v) is 5.84. The number of hydrogen-bond donors (Lipinski definition) is 2. The van der Waals surface area contributed by atoms with E-state index in [-0.39, 0.29) is 19.3 Å². The van der Waals surface area contributed by atoms with E-state index in [1.165, 1.54) is 16.8 Å². The molecule has 0 spiro atoms. The molecule has 2 aliphatic heterocycles. The predicted octanol–water partition coefficient (Wildman–Crippen LogP) is 2.84. The van der Waals surface area contributed by atoms with Crippen LogP contribution in [0.25, 0.3) is 0 Å². The van der Waals surface area contributed by atoms with Gasteiger partial charge in [0.05, 0.1) is 6.10 Å². The number of fused-ring (bicyclic) bond motifs is 1. The van der Waals surface area contributed by atoms with Crippen molar-refractivity contribution in [1.82, 2.24) is 9.55 Å². The lowest BCUT2D eigenvalue weighted by molar-refractivity contribution is -0.0301. The highest BCUT2D eigenvalue weighted by Crippen LogP contribution is 2.61. The SMILES string of the molecule is CC.Cc1ccc2c(c1)CO[P+](O)(OCC1CCC(n3ccc(=O)[nH]c3=O)O1)O2. The Kier molecular flexibility index (Phi) is 6.87. The fourth-order valence-electron chi connectivity index (χ4n) is 3.12. The van der Waals surface area contributed by atoms with Crippen LogP contribution in [0.1, 0.15) is 44.0 Å². The number of aryl methyl sites for hydroxylation is 1. The highest BCUT2D eigenvalue weighted by atomic mass is 31.2. The zero-order valence-corrected chi connectivity index (χ0v) is 17.6. The molecule has 0 radical (unpaired) electrons. The molecule has 0 saturated carbocycles. The van der Waals surface area contributed by atoms with Crippen molar-refractivity contribution in [3.63, 3.8) is 0 Å².